The van der Waals surface area contributed by atoms with Gasteiger partial charge in [-0.25, -0.2) is 9.78 Å². The minimum absolute atomic E-state index is 0.0287. The predicted octanol–water partition coefficient (Wildman–Crippen LogP) is 2.15. The zero-order valence-electron chi connectivity index (χ0n) is 8.68. The lowest BCUT2D eigenvalue weighted by atomic mass is 10.2. The van der Waals surface area contributed by atoms with Crippen LogP contribution in [0.1, 0.15) is 16.2 Å². The smallest absolute Gasteiger partial charge is 0.358 e. The number of benzene rings is 1. The third-order valence-corrected chi connectivity index (χ3v) is 2.52. The van der Waals surface area contributed by atoms with E-state index in [9.17, 15) is 4.79 Å². The highest BCUT2D eigenvalue weighted by molar-refractivity contribution is 6.33. The van der Waals surface area contributed by atoms with E-state index in [0.717, 1.165) is 0 Å². The molecule has 0 unspecified atom stereocenters. The quantitative estimate of drug-likeness (QED) is 0.874. The minimum Gasteiger partial charge on any atom is -0.476 e. The van der Waals surface area contributed by atoms with Crippen molar-refractivity contribution in [3.05, 3.63) is 40.7 Å². The summed E-state index contributed by atoms with van der Waals surface area (Å²) in [5, 5.41) is 9.35. The molecule has 1 heterocycles. The van der Waals surface area contributed by atoms with Crippen molar-refractivity contribution in [3.63, 3.8) is 0 Å². The van der Waals surface area contributed by atoms with Crippen molar-refractivity contribution < 1.29 is 14.3 Å². The van der Waals surface area contributed by atoms with Crippen LogP contribution < -0.4 is 5.73 Å². The van der Waals surface area contributed by atoms with Gasteiger partial charge in [-0.1, -0.05) is 23.7 Å². The molecule has 0 radical (unpaired) electrons. The minimum atomic E-state index is -1.17. The molecule has 2 rings (SSSR count). The molecule has 0 atom stereocenters. The number of halogens is 1. The maximum Gasteiger partial charge on any atom is 0.358 e. The van der Waals surface area contributed by atoms with Gasteiger partial charge in [0.2, 0.25) is 5.89 Å². The molecule has 0 aliphatic rings. The molecule has 0 amide bonds. The number of carboxylic acids is 1. The number of aromatic carboxylic acids is 1. The first kappa shape index (κ1) is 11.6. The molecule has 1 aromatic carbocycles. The first-order valence-electron chi connectivity index (χ1n) is 4.81. The Morgan fingerprint density at radius 2 is 2.18 bits per heavy atom. The van der Waals surface area contributed by atoms with E-state index in [1.54, 1.807) is 24.3 Å². The predicted molar refractivity (Wildman–Crippen MR) is 61.8 cm³/mol. The molecule has 17 heavy (non-hydrogen) atoms. The van der Waals surface area contributed by atoms with E-state index in [2.05, 4.69) is 4.98 Å². The van der Waals surface area contributed by atoms with Gasteiger partial charge in [-0.2, -0.15) is 0 Å². The van der Waals surface area contributed by atoms with E-state index in [1.807, 2.05) is 0 Å². The van der Waals surface area contributed by atoms with Crippen LogP contribution in [-0.2, 0) is 6.54 Å². The van der Waals surface area contributed by atoms with Gasteiger partial charge in [-0.05, 0) is 12.1 Å². The molecule has 0 fully saturated rings. The molecule has 0 aliphatic carbocycles. The Balaban J connectivity index is 2.54. The fourth-order valence-electron chi connectivity index (χ4n) is 1.41. The number of hydrogen-bond donors (Lipinski definition) is 2. The third kappa shape index (κ3) is 2.15. The molecule has 6 heteroatoms. The van der Waals surface area contributed by atoms with Gasteiger partial charge in [-0.15, -0.1) is 0 Å². The lowest BCUT2D eigenvalue weighted by Crippen LogP contribution is -2.04. The number of rotatable bonds is 3. The second kappa shape index (κ2) is 4.57. The Morgan fingerprint density at radius 3 is 2.71 bits per heavy atom. The van der Waals surface area contributed by atoms with Gasteiger partial charge in [0.15, 0.2) is 11.5 Å². The second-order valence-electron chi connectivity index (χ2n) is 3.28. The van der Waals surface area contributed by atoms with Gasteiger partial charge in [-0.3, -0.25) is 0 Å². The molecule has 0 saturated carbocycles. The molecule has 3 N–H and O–H groups in total. The zero-order chi connectivity index (χ0) is 12.4. The van der Waals surface area contributed by atoms with Crippen LogP contribution in [-0.4, -0.2) is 16.1 Å². The van der Waals surface area contributed by atoms with E-state index >= 15 is 0 Å². The Hall–Kier alpha value is -1.85. The van der Waals surface area contributed by atoms with Crippen LogP contribution in [0.2, 0.25) is 5.02 Å². The maximum absolute atomic E-state index is 10.9. The van der Waals surface area contributed by atoms with Crippen LogP contribution in [0.25, 0.3) is 11.5 Å². The second-order valence-corrected chi connectivity index (χ2v) is 3.69. The van der Waals surface area contributed by atoms with Crippen LogP contribution >= 0.6 is 11.6 Å². The normalized spacial score (nSPS) is 10.5. The summed E-state index contributed by atoms with van der Waals surface area (Å²) >= 11 is 5.96. The van der Waals surface area contributed by atoms with Gasteiger partial charge >= 0.3 is 5.97 Å². The maximum atomic E-state index is 10.9. The number of oxazole rings is 1. The zero-order valence-corrected chi connectivity index (χ0v) is 9.44. The van der Waals surface area contributed by atoms with Crippen LogP contribution in [0, 0.1) is 0 Å². The average molecular weight is 253 g/mol. The fraction of sp³-hybridized carbons (Fsp3) is 0.0909. The van der Waals surface area contributed by atoms with Gasteiger partial charge < -0.3 is 15.3 Å². The largest absolute Gasteiger partial charge is 0.476 e. The van der Waals surface area contributed by atoms with E-state index in [4.69, 9.17) is 26.9 Å². The standard InChI is InChI=1S/C11H9ClN2O3/c12-7-4-2-1-3-6(7)10-14-9(11(15)16)8(5-13)17-10/h1-4H,5,13H2,(H,15,16). The first-order chi connectivity index (χ1) is 8.13. The summed E-state index contributed by atoms with van der Waals surface area (Å²) in [6.07, 6.45) is 0. The summed E-state index contributed by atoms with van der Waals surface area (Å²) in [5.74, 6) is -0.881. The molecule has 0 spiro atoms. The van der Waals surface area contributed by atoms with Crippen molar-refractivity contribution in [1.82, 2.24) is 4.98 Å². The Labute approximate surface area is 102 Å². The van der Waals surface area contributed by atoms with Crippen molar-refractivity contribution in [1.29, 1.82) is 0 Å². The first-order valence-corrected chi connectivity index (χ1v) is 5.19. The summed E-state index contributed by atoms with van der Waals surface area (Å²) in [7, 11) is 0. The molecule has 88 valence electrons. The van der Waals surface area contributed by atoms with Gasteiger partial charge in [0, 0.05) is 0 Å². The van der Waals surface area contributed by atoms with Crippen molar-refractivity contribution in [3.8, 4) is 11.5 Å². The molecule has 1 aromatic heterocycles. The number of aromatic nitrogens is 1. The summed E-state index contributed by atoms with van der Waals surface area (Å²) in [4.78, 5) is 14.8. The Morgan fingerprint density at radius 1 is 1.47 bits per heavy atom. The molecular formula is C11H9ClN2O3. The third-order valence-electron chi connectivity index (χ3n) is 2.19. The Bertz CT molecular complexity index is 566. The van der Waals surface area contributed by atoms with E-state index < -0.39 is 5.97 Å². The van der Waals surface area contributed by atoms with Crippen molar-refractivity contribution in [2.75, 3.05) is 0 Å². The van der Waals surface area contributed by atoms with Crippen LogP contribution in [0.3, 0.4) is 0 Å². The Kier molecular flexibility index (Phi) is 3.12. The summed E-state index contributed by atoms with van der Waals surface area (Å²) < 4.78 is 5.29. The molecule has 2 aromatic rings. The summed E-state index contributed by atoms with van der Waals surface area (Å²) in [5.41, 5.74) is 5.75. The topological polar surface area (TPSA) is 89.4 Å². The lowest BCUT2D eigenvalue weighted by molar-refractivity contribution is 0.0689. The van der Waals surface area contributed by atoms with Crippen molar-refractivity contribution in [2.24, 2.45) is 5.73 Å². The van der Waals surface area contributed by atoms with E-state index in [-0.39, 0.29) is 23.9 Å². The van der Waals surface area contributed by atoms with E-state index in [0.29, 0.717) is 10.6 Å². The van der Waals surface area contributed by atoms with Crippen molar-refractivity contribution >= 4 is 17.6 Å². The molecular weight excluding hydrogens is 244 g/mol. The molecule has 0 aliphatic heterocycles. The van der Waals surface area contributed by atoms with Crippen LogP contribution in [0.15, 0.2) is 28.7 Å². The van der Waals surface area contributed by atoms with E-state index in [1.165, 1.54) is 0 Å². The van der Waals surface area contributed by atoms with Gasteiger partial charge in [0.1, 0.15) is 0 Å². The number of carboxylic acid groups (broad SMARTS) is 1. The lowest BCUT2D eigenvalue weighted by Gasteiger charge is -1.97. The number of hydrogen-bond acceptors (Lipinski definition) is 4. The number of carbonyl (C=O) groups is 1. The monoisotopic (exact) mass is 252 g/mol. The molecule has 0 saturated heterocycles. The van der Waals surface area contributed by atoms with Crippen LogP contribution in [0.4, 0.5) is 0 Å². The summed E-state index contributed by atoms with van der Waals surface area (Å²) in [6.45, 7) is -0.0287. The SMILES string of the molecule is NCc1oc(-c2ccccc2Cl)nc1C(=O)O. The van der Waals surface area contributed by atoms with Gasteiger partial charge in [0.05, 0.1) is 17.1 Å². The van der Waals surface area contributed by atoms with Crippen LogP contribution in [0.5, 0.6) is 0 Å². The molecule has 5 nitrogen and oxygen atoms in total. The highest BCUT2D eigenvalue weighted by Gasteiger charge is 2.19. The number of nitrogens with two attached hydrogens (primary N) is 1. The molecule has 0 bridgehead atoms. The van der Waals surface area contributed by atoms with Gasteiger partial charge in [0.25, 0.3) is 0 Å². The highest BCUT2D eigenvalue weighted by Crippen LogP contribution is 2.28. The summed E-state index contributed by atoms with van der Waals surface area (Å²) in [6, 6.07) is 6.88. The fourth-order valence-corrected chi connectivity index (χ4v) is 1.62. The highest BCUT2D eigenvalue weighted by atomic mass is 35.5. The van der Waals surface area contributed by atoms with Crippen molar-refractivity contribution in [2.45, 2.75) is 6.54 Å². The number of nitrogens with zero attached hydrogens (tertiary/aromatic N) is 1. The average Bonchev–Trinajstić information content (AvgIpc) is 2.73.